The maximum absolute atomic E-state index is 13.5. The fraction of sp³-hybridized carbons (Fsp3) is 0.640. The van der Waals surface area contributed by atoms with Crippen LogP contribution in [0.25, 0.3) is 0 Å². The molecule has 0 aliphatic carbocycles. The summed E-state index contributed by atoms with van der Waals surface area (Å²) < 4.78 is 5.34. The van der Waals surface area contributed by atoms with Crippen molar-refractivity contribution < 1.29 is 19.1 Å². The smallest absolute Gasteiger partial charge is 0.408 e. The quantitative estimate of drug-likeness (QED) is 0.682. The standard InChI is InChI=1S/C25H41N3O4/c1-15(2)19(26-23(31)32-25(8,9)10)22(30)28(11)20(21(29)27-24(5,6)7)18-14-16(3)12-13-17(18)4/h12-15,19-20H,1-11H3,(H,26,31)(H,27,29). The van der Waals surface area contributed by atoms with Crippen molar-refractivity contribution in [2.75, 3.05) is 7.05 Å². The third-order valence-electron chi connectivity index (χ3n) is 4.82. The van der Waals surface area contributed by atoms with E-state index < -0.39 is 29.3 Å². The highest BCUT2D eigenvalue weighted by molar-refractivity contribution is 5.92. The van der Waals surface area contributed by atoms with E-state index in [0.717, 1.165) is 16.7 Å². The number of aryl methyl sites for hydroxylation is 2. The van der Waals surface area contributed by atoms with Crippen LogP contribution in [0.1, 0.15) is 78.1 Å². The molecule has 0 aliphatic heterocycles. The summed E-state index contributed by atoms with van der Waals surface area (Å²) in [4.78, 5) is 40.7. The summed E-state index contributed by atoms with van der Waals surface area (Å²) in [5.41, 5.74) is 1.50. The molecule has 32 heavy (non-hydrogen) atoms. The summed E-state index contributed by atoms with van der Waals surface area (Å²) in [5.74, 6) is -0.843. The fourth-order valence-corrected chi connectivity index (χ4v) is 3.31. The Balaban J connectivity index is 3.35. The lowest BCUT2D eigenvalue weighted by molar-refractivity contribution is -0.142. The first-order chi connectivity index (χ1) is 14.4. The molecule has 0 spiro atoms. The highest BCUT2D eigenvalue weighted by Crippen LogP contribution is 2.27. The van der Waals surface area contributed by atoms with Crippen molar-refractivity contribution in [2.24, 2.45) is 5.92 Å². The lowest BCUT2D eigenvalue weighted by Crippen LogP contribution is -2.55. The minimum Gasteiger partial charge on any atom is -0.444 e. The molecule has 2 atom stereocenters. The number of likely N-dealkylation sites (N-methyl/N-ethyl adjacent to an activating group) is 1. The molecule has 180 valence electrons. The van der Waals surface area contributed by atoms with Gasteiger partial charge in [0.15, 0.2) is 0 Å². The number of carbonyl (C=O) groups excluding carboxylic acids is 3. The van der Waals surface area contributed by atoms with E-state index in [1.807, 2.05) is 66.7 Å². The van der Waals surface area contributed by atoms with Crippen LogP contribution in [0.2, 0.25) is 0 Å². The molecule has 1 aromatic carbocycles. The summed E-state index contributed by atoms with van der Waals surface area (Å²) in [6, 6.07) is 4.16. The van der Waals surface area contributed by atoms with E-state index in [1.165, 1.54) is 4.90 Å². The number of nitrogens with one attached hydrogen (secondary N) is 2. The SMILES string of the molecule is Cc1ccc(C)c(C(C(=O)NC(C)(C)C)N(C)C(=O)C(NC(=O)OC(C)(C)C)C(C)C)c1. The number of hydrogen-bond donors (Lipinski definition) is 2. The number of hydrogen-bond acceptors (Lipinski definition) is 4. The van der Waals surface area contributed by atoms with Crippen molar-refractivity contribution in [1.29, 1.82) is 0 Å². The largest absolute Gasteiger partial charge is 0.444 e. The van der Waals surface area contributed by atoms with Crippen molar-refractivity contribution >= 4 is 17.9 Å². The zero-order valence-corrected chi connectivity index (χ0v) is 21.5. The monoisotopic (exact) mass is 447 g/mol. The molecule has 0 aromatic heterocycles. The number of carbonyl (C=O) groups is 3. The van der Waals surface area contributed by atoms with Crippen molar-refractivity contribution in [2.45, 2.75) is 92.5 Å². The molecular formula is C25H41N3O4. The lowest BCUT2D eigenvalue weighted by atomic mass is 9.94. The van der Waals surface area contributed by atoms with Crippen LogP contribution in [0, 0.1) is 19.8 Å². The molecule has 7 nitrogen and oxygen atoms in total. The highest BCUT2D eigenvalue weighted by atomic mass is 16.6. The molecule has 0 aliphatic rings. The average Bonchev–Trinajstić information content (AvgIpc) is 2.58. The van der Waals surface area contributed by atoms with Gasteiger partial charge in [-0.3, -0.25) is 9.59 Å². The Labute approximate surface area is 193 Å². The zero-order chi connectivity index (χ0) is 25.0. The molecule has 0 radical (unpaired) electrons. The van der Waals surface area contributed by atoms with E-state index in [-0.39, 0.29) is 17.7 Å². The van der Waals surface area contributed by atoms with Crippen molar-refractivity contribution in [3.05, 3.63) is 34.9 Å². The van der Waals surface area contributed by atoms with Gasteiger partial charge in [-0.1, -0.05) is 37.6 Å². The van der Waals surface area contributed by atoms with Crippen LogP contribution in [0.15, 0.2) is 18.2 Å². The summed E-state index contributed by atoms with van der Waals surface area (Å²) in [5, 5.41) is 5.68. The molecule has 0 heterocycles. The van der Waals surface area contributed by atoms with Crippen LogP contribution in [0.4, 0.5) is 4.79 Å². The van der Waals surface area contributed by atoms with E-state index >= 15 is 0 Å². The van der Waals surface area contributed by atoms with Gasteiger partial charge in [0.1, 0.15) is 17.7 Å². The molecule has 0 bridgehead atoms. The van der Waals surface area contributed by atoms with Gasteiger partial charge >= 0.3 is 6.09 Å². The normalized spacial score (nSPS) is 13.9. The maximum atomic E-state index is 13.5. The van der Waals surface area contributed by atoms with Crippen molar-refractivity contribution in [1.82, 2.24) is 15.5 Å². The summed E-state index contributed by atoms with van der Waals surface area (Å²) in [6.07, 6.45) is -0.666. The second-order valence-corrected chi connectivity index (χ2v) is 10.8. The number of amides is 3. The molecule has 0 saturated carbocycles. The fourth-order valence-electron chi connectivity index (χ4n) is 3.31. The third kappa shape index (κ3) is 8.17. The topological polar surface area (TPSA) is 87.7 Å². The van der Waals surface area contributed by atoms with Crippen LogP contribution in [0.5, 0.6) is 0 Å². The van der Waals surface area contributed by atoms with Gasteiger partial charge in [-0.15, -0.1) is 0 Å². The number of alkyl carbamates (subject to hydrolysis) is 1. The molecule has 3 amide bonds. The maximum Gasteiger partial charge on any atom is 0.408 e. The lowest BCUT2D eigenvalue weighted by Gasteiger charge is -2.35. The Hall–Kier alpha value is -2.57. The Morgan fingerprint density at radius 2 is 1.56 bits per heavy atom. The zero-order valence-electron chi connectivity index (χ0n) is 21.5. The number of benzene rings is 1. The van der Waals surface area contributed by atoms with Crippen LogP contribution in [-0.2, 0) is 14.3 Å². The van der Waals surface area contributed by atoms with E-state index in [1.54, 1.807) is 27.8 Å². The van der Waals surface area contributed by atoms with Crippen molar-refractivity contribution in [3.8, 4) is 0 Å². The summed E-state index contributed by atoms with van der Waals surface area (Å²) >= 11 is 0. The van der Waals surface area contributed by atoms with E-state index in [4.69, 9.17) is 4.74 Å². The van der Waals surface area contributed by atoms with Crippen LogP contribution >= 0.6 is 0 Å². The van der Waals surface area contributed by atoms with E-state index in [9.17, 15) is 14.4 Å². The van der Waals surface area contributed by atoms with E-state index in [2.05, 4.69) is 10.6 Å². The van der Waals surface area contributed by atoms with Gasteiger partial charge in [-0.2, -0.15) is 0 Å². The predicted molar refractivity (Wildman–Crippen MR) is 127 cm³/mol. The first kappa shape index (κ1) is 27.5. The molecule has 0 saturated heterocycles. The average molecular weight is 448 g/mol. The molecule has 1 aromatic rings. The second kappa shape index (κ2) is 10.4. The summed E-state index contributed by atoms with van der Waals surface area (Å²) in [6.45, 7) is 18.5. The highest BCUT2D eigenvalue weighted by Gasteiger charge is 2.37. The van der Waals surface area contributed by atoms with Gasteiger partial charge in [-0.05, 0) is 72.4 Å². The van der Waals surface area contributed by atoms with E-state index in [0.29, 0.717) is 0 Å². The first-order valence-corrected chi connectivity index (χ1v) is 11.1. The van der Waals surface area contributed by atoms with Gasteiger partial charge in [0.2, 0.25) is 11.8 Å². The summed E-state index contributed by atoms with van der Waals surface area (Å²) in [7, 11) is 1.60. The van der Waals surface area contributed by atoms with Crippen LogP contribution in [-0.4, -0.2) is 47.0 Å². The minimum absolute atomic E-state index is 0.206. The number of ether oxygens (including phenoxy) is 1. The van der Waals surface area contributed by atoms with Crippen LogP contribution in [0.3, 0.4) is 0 Å². The van der Waals surface area contributed by atoms with Gasteiger partial charge in [0.05, 0.1) is 0 Å². The first-order valence-electron chi connectivity index (χ1n) is 11.1. The Morgan fingerprint density at radius 3 is 2.03 bits per heavy atom. The molecule has 1 rings (SSSR count). The molecular weight excluding hydrogens is 406 g/mol. The van der Waals surface area contributed by atoms with Gasteiger partial charge in [0, 0.05) is 12.6 Å². The molecule has 2 unspecified atom stereocenters. The Morgan fingerprint density at radius 1 is 1.00 bits per heavy atom. The van der Waals surface area contributed by atoms with Gasteiger partial charge in [0.25, 0.3) is 0 Å². The predicted octanol–water partition coefficient (Wildman–Crippen LogP) is 4.27. The molecule has 2 N–H and O–H groups in total. The Kier molecular flexibility index (Phi) is 8.90. The minimum atomic E-state index is -0.844. The third-order valence-corrected chi connectivity index (χ3v) is 4.82. The second-order valence-electron chi connectivity index (χ2n) is 10.8. The van der Waals surface area contributed by atoms with Gasteiger partial charge in [-0.25, -0.2) is 4.79 Å². The number of rotatable bonds is 6. The Bertz CT molecular complexity index is 835. The van der Waals surface area contributed by atoms with Crippen LogP contribution < -0.4 is 10.6 Å². The van der Waals surface area contributed by atoms with Gasteiger partial charge < -0.3 is 20.3 Å². The molecule has 0 fully saturated rings. The van der Waals surface area contributed by atoms with Crippen molar-refractivity contribution in [3.63, 3.8) is 0 Å². The molecule has 7 heteroatoms. The number of nitrogens with zero attached hydrogens (tertiary/aromatic N) is 1.